The first-order valence-electron chi connectivity index (χ1n) is 23.2. The lowest BCUT2D eigenvalue weighted by Crippen LogP contribution is -2.50. The molecule has 0 bridgehead atoms. The molecule has 9 atom stereocenters. The molecule has 3 aliphatic heterocycles. The van der Waals surface area contributed by atoms with Gasteiger partial charge in [-0.1, -0.05) is 112 Å². The topological polar surface area (TPSA) is 191 Å². The maximum Gasteiger partial charge on any atom is 0.475 e. The summed E-state index contributed by atoms with van der Waals surface area (Å²) < 4.78 is 74.7. The van der Waals surface area contributed by atoms with Gasteiger partial charge in [-0.15, -0.1) is 0 Å². The van der Waals surface area contributed by atoms with Crippen molar-refractivity contribution in [2.45, 2.75) is 114 Å². The molecule has 0 aliphatic carbocycles. The monoisotopic (exact) mass is 997 g/mol. The van der Waals surface area contributed by atoms with Gasteiger partial charge >= 0.3 is 13.5 Å². The highest BCUT2D eigenvalue weighted by molar-refractivity contribution is 7.48. The van der Waals surface area contributed by atoms with Crippen LogP contribution in [0.25, 0.3) is 11.2 Å². The minimum atomic E-state index is -4.34. The molecule has 0 amide bonds. The van der Waals surface area contributed by atoms with Crippen LogP contribution in [0, 0.1) is 0 Å². The number of aromatic nitrogens is 6. The van der Waals surface area contributed by atoms with Crippen molar-refractivity contribution in [3.05, 3.63) is 153 Å². The Kier molecular flexibility index (Phi) is 14.8. The molecule has 0 saturated carbocycles. The van der Waals surface area contributed by atoms with E-state index in [0.29, 0.717) is 30.1 Å². The highest BCUT2D eigenvalue weighted by Gasteiger charge is 2.56. The van der Waals surface area contributed by atoms with Crippen molar-refractivity contribution in [1.82, 2.24) is 28.7 Å². The average Bonchev–Trinajstić information content (AvgIpc) is 4.05. The van der Waals surface area contributed by atoms with Gasteiger partial charge in [0.05, 0.1) is 26.1 Å². The van der Waals surface area contributed by atoms with Gasteiger partial charge in [-0.3, -0.25) is 27.5 Å². The van der Waals surface area contributed by atoms with Crippen LogP contribution in [0.15, 0.2) is 126 Å². The summed E-state index contributed by atoms with van der Waals surface area (Å²) in [5.74, 6) is 0.646. The standard InChI is InChI=1S/C49H60N7O12PSi/c1-49(2,3)70(6,7)68-41-37(66-47(43(41)61-5)55-31-52-39-44(50-30-51-45(39)55)53(25-33-17-11-8-12-18-33)26-34-19-13-9-14-20-34)29-64-69(59)63-28-36-40(67-69)42(60-4)46(65-36)54-24-23-38(57)56(48(54)58)32-62-27-35-21-15-10-16-22-35/h8-24,30-31,36-37,40-43,46-47H,25-29,32H2,1-7H3/t36-,37-,40-,41-,42-,43-,46-,47-,69+/m1/s1. The van der Waals surface area contributed by atoms with E-state index in [1.54, 1.807) is 13.4 Å². The van der Waals surface area contributed by atoms with Crippen LogP contribution in [0.2, 0.25) is 18.1 Å². The molecule has 6 heterocycles. The maximum absolute atomic E-state index is 14.5. The lowest BCUT2D eigenvalue weighted by molar-refractivity contribution is -0.0844. The smallest absolute Gasteiger partial charge is 0.408 e. The first-order chi connectivity index (χ1) is 33.7. The summed E-state index contributed by atoms with van der Waals surface area (Å²) in [7, 11) is -3.85. The summed E-state index contributed by atoms with van der Waals surface area (Å²) >= 11 is 0. The number of hydrogen-bond donors (Lipinski definition) is 0. The Morgan fingerprint density at radius 2 is 1.41 bits per heavy atom. The molecule has 9 rings (SSSR count). The zero-order valence-electron chi connectivity index (χ0n) is 40.3. The highest BCUT2D eigenvalue weighted by Crippen LogP contribution is 2.57. The number of methoxy groups -OCH3 is 2. The fourth-order valence-corrected chi connectivity index (χ4v) is 11.5. The van der Waals surface area contributed by atoms with Crippen LogP contribution in [-0.2, 0) is 72.7 Å². The van der Waals surface area contributed by atoms with Gasteiger partial charge in [-0.05, 0) is 34.8 Å². The first kappa shape index (κ1) is 49.7. The number of benzene rings is 3. The quantitative estimate of drug-likeness (QED) is 0.0632. The van der Waals surface area contributed by atoms with Gasteiger partial charge in [0.2, 0.25) is 0 Å². The minimum absolute atomic E-state index is 0.189. The van der Waals surface area contributed by atoms with Crippen molar-refractivity contribution < 1.29 is 46.2 Å². The number of rotatable bonds is 18. The molecule has 6 aromatic rings. The third kappa shape index (κ3) is 10.4. The Hall–Kier alpha value is -5.22. The van der Waals surface area contributed by atoms with E-state index < -0.39 is 76.5 Å². The van der Waals surface area contributed by atoms with Gasteiger partial charge in [0.15, 0.2) is 37.8 Å². The molecule has 3 saturated heterocycles. The third-order valence-electron chi connectivity index (χ3n) is 13.4. The molecule has 0 radical (unpaired) electrons. The second-order valence-electron chi connectivity index (χ2n) is 19.1. The van der Waals surface area contributed by atoms with Crippen molar-refractivity contribution in [1.29, 1.82) is 0 Å². The van der Waals surface area contributed by atoms with Crippen molar-refractivity contribution in [3.63, 3.8) is 0 Å². The van der Waals surface area contributed by atoms with Gasteiger partial charge in [-0.2, -0.15) is 0 Å². The molecule has 3 fully saturated rings. The van der Waals surface area contributed by atoms with E-state index in [-0.39, 0.29) is 31.6 Å². The van der Waals surface area contributed by atoms with Crippen LogP contribution in [0.1, 0.15) is 49.9 Å². The van der Waals surface area contributed by atoms with Gasteiger partial charge in [0.1, 0.15) is 49.7 Å². The minimum Gasteiger partial charge on any atom is -0.408 e. The zero-order chi connectivity index (χ0) is 49.2. The predicted molar refractivity (Wildman–Crippen MR) is 260 cm³/mol. The molecule has 3 aromatic heterocycles. The predicted octanol–water partition coefficient (Wildman–Crippen LogP) is 6.99. The van der Waals surface area contributed by atoms with E-state index >= 15 is 0 Å². The maximum atomic E-state index is 14.5. The van der Waals surface area contributed by atoms with Gasteiger partial charge in [0, 0.05) is 39.6 Å². The van der Waals surface area contributed by atoms with Crippen LogP contribution >= 0.6 is 7.82 Å². The molecule has 0 spiro atoms. The van der Waals surface area contributed by atoms with Crippen molar-refractivity contribution in [3.8, 4) is 0 Å². The number of ether oxygens (including phenoxy) is 5. The summed E-state index contributed by atoms with van der Waals surface area (Å²) in [4.78, 5) is 43.2. The average molecular weight is 998 g/mol. The number of phosphoric acid groups is 1. The summed E-state index contributed by atoms with van der Waals surface area (Å²) in [5, 5.41) is -0.199. The first-order valence-corrected chi connectivity index (χ1v) is 27.6. The molecular formula is C49H60N7O12PSi. The van der Waals surface area contributed by atoms with E-state index in [1.165, 1.54) is 30.3 Å². The summed E-state index contributed by atoms with van der Waals surface area (Å²) in [6, 6.07) is 31.0. The molecule has 0 N–H and O–H groups in total. The molecule has 3 aliphatic rings. The Balaban J connectivity index is 0.953. The van der Waals surface area contributed by atoms with E-state index in [4.69, 9.17) is 56.6 Å². The van der Waals surface area contributed by atoms with E-state index in [2.05, 4.69) is 63.0 Å². The van der Waals surface area contributed by atoms with Gasteiger partial charge < -0.3 is 33.0 Å². The molecule has 3 aromatic carbocycles. The number of fused-ring (bicyclic) bond motifs is 2. The molecule has 21 heteroatoms. The third-order valence-corrected chi connectivity index (χ3v) is 19.4. The van der Waals surface area contributed by atoms with Crippen LogP contribution in [0.5, 0.6) is 0 Å². The zero-order valence-corrected chi connectivity index (χ0v) is 42.2. The Morgan fingerprint density at radius 1 is 0.786 bits per heavy atom. The number of imidazole rings is 1. The van der Waals surface area contributed by atoms with Crippen LogP contribution in [-0.4, -0.2) is 101 Å². The Bertz CT molecular complexity index is 2840. The molecule has 19 nitrogen and oxygen atoms in total. The molecule has 372 valence electrons. The van der Waals surface area contributed by atoms with E-state index in [9.17, 15) is 14.2 Å². The largest absolute Gasteiger partial charge is 0.475 e. The van der Waals surface area contributed by atoms with Crippen LogP contribution in [0.3, 0.4) is 0 Å². The number of phosphoric ester groups is 1. The van der Waals surface area contributed by atoms with Crippen molar-refractivity contribution in [2.24, 2.45) is 0 Å². The van der Waals surface area contributed by atoms with E-state index in [1.807, 2.05) is 71.3 Å². The Labute approximate surface area is 406 Å². The van der Waals surface area contributed by atoms with Crippen molar-refractivity contribution >= 4 is 33.1 Å². The second-order valence-corrected chi connectivity index (χ2v) is 25.4. The fourth-order valence-electron chi connectivity index (χ4n) is 8.74. The summed E-state index contributed by atoms with van der Waals surface area (Å²) in [5.41, 5.74) is 2.94. The highest BCUT2D eigenvalue weighted by atomic mass is 31.2. The van der Waals surface area contributed by atoms with Crippen LogP contribution in [0.4, 0.5) is 5.82 Å². The second kappa shape index (κ2) is 20.9. The van der Waals surface area contributed by atoms with Crippen molar-refractivity contribution in [2.75, 3.05) is 32.3 Å². The van der Waals surface area contributed by atoms with Crippen LogP contribution < -0.4 is 16.1 Å². The molecule has 0 unspecified atom stereocenters. The fraction of sp³-hybridized carbons (Fsp3) is 0.449. The SMILES string of the molecule is CO[C@@H]1[C@@H]2O[P@](=O)(OC[C@H]3O[C@@H](n4cnc5c(N(Cc6ccccc6)Cc6ccccc6)ncnc54)[C@H](OC)[C@@H]3O[Si](C)(C)C(C)(C)C)OC[C@H]2O[C@H]1n1ccc(=O)n(COCc2ccccc2)c1=O. The lowest BCUT2D eigenvalue weighted by atomic mass is 10.1. The number of nitrogens with zero attached hydrogens (tertiary/aromatic N) is 7. The normalized spacial score (nSPS) is 25.9. The van der Waals surface area contributed by atoms with E-state index in [0.717, 1.165) is 21.3 Å². The Morgan fingerprint density at radius 3 is 2.04 bits per heavy atom. The molecular weight excluding hydrogens is 938 g/mol. The number of anilines is 1. The van der Waals surface area contributed by atoms with Gasteiger partial charge in [0.25, 0.3) is 5.56 Å². The van der Waals surface area contributed by atoms with Gasteiger partial charge in [-0.25, -0.2) is 28.9 Å². The lowest BCUT2D eigenvalue weighted by Gasteiger charge is -2.40. The number of hydrogen-bond acceptors (Lipinski definition) is 16. The summed E-state index contributed by atoms with van der Waals surface area (Å²) in [6.07, 6.45) is -2.39. The molecule has 70 heavy (non-hydrogen) atoms. The summed E-state index contributed by atoms with van der Waals surface area (Å²) in [6.45, 7) is 11.2.